The van der Waals surface area contributed by atoms with Crippen molar-refractivity contribution in [3.63, 3.8) is 0 Å². The number of sulfonamides is 1. The highest BCUT2D eigenvalue weighted by Gasteiger charge is 2.37. The van der Waals surface area contributed by atoms with Crippen LogP contribution in [0, 0.1) is 5.92 Å². The number of anilines is 1. The van der Waals surface area contributed by atoms with Crippen molar-refractivity contribution in [2.45, 2.75) is 56.9 Å². The summed E-state index contributed by atoms with van der Waals surface area (Å²) in [6.45, 7) is 5.54. The molecule has 0 aliphatic heterocycles. The summed E-state index contributed by atoms with van der Waals surface area (Å²) in [7, 11) is -2.51. The maximum atomic E-state index is 13.1. The molecule has 2 atom stereocenters. The van der Waals surface area contributed by atoms with Gasteiger partial charge in [0.05, 0.1) is 5.02 Å². The van der Waals surface area contributed by atoms with Crippen LogP contribution in [0.1, 0.15) is 63.3 Å². The number of hydrogen-bond acceptors (Lipinski definition) is 8. The van der Waals surface area contributed by atoms with Gasteiger partial charge in [0.25, 0.3) is 0 Å². The van der Waals surface area contributed by atoms with E-state index in [2.05, 4.69) is 24.9 Å². The van der Waals surface area contributed by atoms with E-state index in [0.717, 1.165) is 18.7 Å². The molecule has 0 spiro atoms. The molecule has 2 aromatic rings. The fourth-order valence-corrected chi connectivity index (χ4v) is 4.85. The number of aliphatic hydroxyl groups is 1. The van der Waals surface area contributed by atoms with E-state index in [1.165, 1.54) is 26.4 Å². The molecular formula is C18H27ClN6O4S. The summed E-state index contributed by atoms with van der Waals surface area (Å²) in [6, 6.07) is -0.0472. The van der Waals surface area contributed by atoms with Crippen LogP contribution in [0.3, 0.4) is 0 Å². The van der Waals surface area contributed by atoms with Crippen LogP contribution in [0.4, 0.5) is 5.95 Å². The molecule has 1 saturated carbocycles. The standard InChI is InChI=1S/C18H27ClN6O4S/c1-10(2)25-17(13-5-12(6-13)9-26)22-23-18(25)24-30(27,28)11(3)15(29-4)16-20-7-14(19)8-21-16/h7-8,10-13,15,26H,5-6,9H2,1-4H3,(H,23,24)/t11-,12?,13?,15-/m0/s1. The number of rotatable bonds is 9. The van der Waals surface area contributed by atoms with Gasteiger partial charge in [0.15, 0.2) is 5.82 Å². The lowest BCUT2D eigenvalue weighted by Gasteiger charge is -2.34. The lowest BCUT2D eigenvalue weighted by molar-refractivity contribution is 0.0950. The highest BCUT2D eigenvalue weighted by atomic mass is 35.5. The fraction of sp³-hybridized carbons (Fsp3) is 0.667. The van der Waals surface area contributed by atoms with Crippen molar-refractivity contribution in [1.29, 1.82) is 0 Å². The number of halogens is 1. The monoisotopic (exact) mass is 458 g/mol. The first-order valence-corrected chi connectivity index (χ1v) is 11.7. The van der Waals surface area contributed by atoms with Crippen LogP contribution in [0.2, 0.25) is 5.02 Å². The first kappa shape index (κ1) is 22.9. The normalized spacial score (nSPS) is 21.3. The summed E-state index contributed by atoms with van der Waals surface area (Å²) in [5.74, 6) is 1.52. The van der Waals surface area contributed by atoms with Crippen molar-refractivity contribution in [3.8, 4) is 0 Å². The van der Waals surface area contributed by atoms with Crippen molar-refractivity contribution in [1.82, 2.24) is 24.7 Å². The lowest BCUT2D eigenvalue weighted by atomic mass is 9.75. The number of aliphatic hydroxyl groups excluding tert-OH is 1. The van der Waals surface area contributed by atoms with E-state index in [1.54, 1.807) is 4.57 Å². The molecule has 2 heterocycles. The zero-order chi connectivity index (χ0) is 22.1. The molecule has 0 aromatic carbocycles. The SMILES string of the molecule is CO[C@H](c1ncc(Cl)cn1)[C@H](C)S(=O)(=O)Nc1nnc(C2CC(CO)C2)n1C(C)C. The molecule has 2 aromatic heterocycles. The molecule has 30 heavy (non-hydrogen) atoms. The molecule has 10 nitrogen and oxygen atoms in total. The fourth-order valence-electron chi connectivity index (χ4n) is 3.62. The first-order valence-electron chi connectivity index (χ1n) is 9.75. The van der Waals surface area contributed by atoms with Crippen LogP contribution in [-0.4, -0.2) is 57.2 Å². The van der Waals surface area contributed by atoms with E-state index in [9.17, 15) is 13.5 Å². The second kappa shape index (κ2) is 9.13. The van der Waals surface area contributed by atoms with E-state index in [0.29, 0.717) is 5.02 Å². The molecule has 3 rings (SSSR count). The Morgan fingerprint density at radius 3 is 2.43 bits per heavy atom. The third-order valence-electron chi connectivity index (χ3n) is 5.40. The quantitative estimate of drug-likeness (QED) is 0.584. The Hall–Kier alpha value is -1.82. The number of ether oxygens (including phenoxy) is 1. The van der Waals surface area contributed by atoms with Gasteiger partial charge in [-0.25, -0.2) is 18.4 Å². The zero-order valence-corrected chi connectivity index (χ0v) is 18.9. The minimum atomic E-state index is -3.91. The number of hydrogen-bond donors (Lipinski definition) is 2. The number of nitrogens with one attached hydrogen (secondary N) is 1. The second-order valence-corrected chi connectivity index (χ2v) is 10.3. The molecule has 1 fully saturated rings. The summed E-state index contributed by atoms with van der Waals surface area (Å²) >= 11 is 5.82. The van der Waals surface area contributed by atoms with Gasteiger partial charge in [-0.05, 0) is 39.5 Å². The van der Waals surface area contributed by atoms with Crippen LogP contribution in [0.25, 0.3) is 0 Å². The summed E-state index contributed by atoms with van der Waals surface area (Å²) in [6.07, 6.45) is 3.51. The molecule has 1 aliphatic rings. The predicted molar refractivity (Wildman–Crippen MR) is 112 cm³/mol. The summed E-state index contributed by atoms with van der Waals surface area (Å²) in [5.41, 5.74) is 0. The third-order valence-corrected chi connectivity index (χ3v) is 7.28. The van der Waals surface area contributed by atoms with Crippen molar-refractivity contribution < 1.29 is 18.3 Å². The average Bonchev–Trinajstić information content (AvgIpc) is 3.05. The van der Waals surface area contributed by atoms with Gasteiger partial charge in [0, 0.05) is 38.1 Å². The molecule has 0 radical (unpaired) electrons. The van der Waals surface area contributed by atoms with Gasteiger partial charge < -0.3 is 9.84 Å². The molecule has 0 saturated heterocycles. The van der Waals surface area contributed by atoms with E-state index < -0.39 is 21.4 Å². The van der Waals surface area contributed by atoms with Crippen LogP contribution in [0.15, 0.2) is 12.4 Å². The molecule has 0 unspecified atom stereocenters. The molecule has 2 N–H and O–H groups in total. The zero-order valence-electron chi connectivity index (χ0n) is 17.4. The largest absolute Gasteiger partial charge is 0.396 e. The Balaban J connectivity index is 1.83. The second-order valence-electron chi connectivity index (χ2n) is 7.83. The topological polar surface area (TPSA) is 132 Å². The van der Waals surface area contributed by atoms with E-state index in [-0.39, 0.29) is 36.3 Å². The van der Waals surface area contributed by atoms with Gasteiger partial charge in [-0.1, -0.05) is 11.6 Å². The minimum Gasteiger partial charge on any atom is -0.396 e. The van der Waals surface area contributed by atoms with Gasteiger partial charge in [-0.3, -0.25) is 9.29 Å². The number of nitrogens with zero attached hydrogens (tertiary/aromatic N) is 5. The third kappa shape index (κ3) is 4.58. The van der Waals surface area contributed by atoms with Crippen molar-refractivity contribution >= 4 is 27.6 Å². The molecule has 166 valence electrons. The van der Waals surface area contributed by atoms with E-state index in [4.69, 9.17) is 16.3 Å². The lowest BCUT2D eigenvalue weighted by Crippen LogP contribution is -2.34. The van der Waals surface area contributed by atoms with Gasteiger partial charge in [0.2, 0.25) is 16.0 Å². The predicted octanol–water partition coefficient (Wildman–Crippen LogP) is 2.31. The maximum Gasteiger partial charge on any atom is 0.240 e. The first-order chi connectivity index (χ1) is 14.2. The van der Waals surface area contributed by atoms with Crippen molar-refractivity contribution in [2.75, 3.05) is 18.4 Å². The summed E-state index contributed by atoms with van der Waals surface area (Å²) in [5, 5.41) is 16.9. The molecular weight excluding hydrogens is 432 g/mol. The van der Waals surface area contributed by atoms with Crippen LogP contribution in [-0.2, 0) is 14.8 Å². The van der Waals surface area contributed by atoms with Crippen LogP contribution < -0.4 is 4.72 Å². The Kier molecular flexibility index (Phi) is 6.95. The van der Waals surface area contributed by atoms with Crippen molar-refractivity contribution in [2.24, 2.45) is 5.92 Å². The maximum absolute atomic E-state index is 13.1. The summed E-state index contributed by atoms with van der Waals surface area (Å²) < 4.78 is 35.9. The smallest absolute Gasteiger partial charge is 0.240 e. The highest BCUT2D eigenvalue weighted by molar-refractivity contribution is 7.93. The average molecular weight is 459 g/mol. The van der Waals surface area contributed by atoms with Gasteiger partial charge in [-0.15, -0.1) is 10.2 Å². The molecule has 12 heteroatoms. The van der Waals surface area contributed by atoms with Gasteiger partial charge in [0.1, 0.15) is 17.2 Å². The van der Waals surface area contributed by atoms with Crippen molar-refractivity contribution in [3.05, 3.63) is 29.1 Å². The Bertz CT molecular complexity index is 960. The Morgan fingerprint density at radius 2 is 1.90 bits per heavy atom. The number of methoxy groups -OCH3 is 1. The van der Waals surface area contributed by atoms with Gasteiger partial charge in [-0.2, -0.15) is 0 Å². The Labute approximate surface area is 181 Å². The molecule has 0 bridgehead atoms. The van der Waals surface area contributed by atoms with Crippen LogP contribution >= 0.6 is 11.6 Å². The molecule has 1 aliphatic carbocycles. The van der Waals surface area contributed by atoms with Gasteiger partial charge >= 0.3 is 0 Å². The minimum absolute atomic E-state index is 0.0472. The summed E-state index contributed by atoms with van der Waals surface area (Å²) in [4.78, 5) is 8.17. The van der Waals surface area contributed by atoms with E-state index in [1.807, 2.05) is 13.8 Å². The Morgan fingerprint density at radius 1 is 1.27 bits per heavy atom. The molecule has 0 amide bonds. The van der Waals surface area contributed by atoms with E-state index >= 15 is 0 Å². The highest BCUT2D eigenvalue weighted by Crippen LogP contribution is 2.42. The van der Waals surface area contributed by atoms with Crippen LogP contribution in [0.5, 0.6) is 0 Å². The number of aromatic nitrogens is 5.